The number of nitrogens with one attached hydrogen (secondary N) is 3. The molecule has 0 unspecified atom stereocenters. The number of aromatic amines is 1. The second-order valence-electron chi connectivity index (χ2n) is 7.35. The van der Waals surface area contributed by atoms with Gasteiger partial charge in [-0.05, 0) is 56.2 Å². The van der Waals surface area contributed by atoms with E-state index in [1.807, 2.05) is 45.0 Å². The Kier molecular flexibility index (Phi) is 8.50. The summed E-state index contributed by atoms with van der Waals surface area (Å²) < 4.78 is 17.7. The van der Waals surface area contributed by atoms with Crippen LogP contribution in [0.2, 0.25) is 0 Å². The molecule has 0 spiro atoms. The maximum absolute atomic E-state index is 12.5. The first-order valence-corrected chi connectivity index (χ1v) is 11.2. The smallest absolute Gasteiger partial charge is 0.227 e. The lowest BCUT2D eigenvalue weighted by molar-refractivity contribution is -0.117. The van der Waals surface area contributed by atoms with E-state index in [9.17, 15) is 9.18 Å². The summed E-state index contributed by atoms with van der Waals surface area (Å²) in [5, 5.41) is 14.1. The van der Waals surface area contributed by atoms with Crippen LogP contribution in [0.5, 0.6) is 5.75 Å². The molecule has 4 aromatic rings. The maximum atomic E-state index is 12.5. The first kappa shape index (κ1) is 24.6. The van der Waals surface area contributed by atoms with E-state index in [1.54, 1.807) is 25.4 Å². The number of benzene rings is 2. The van der Waals surface area contributed by atoms with Crippen molar-refractivity contribution in [1.82, 2.24) is 20.2 Å². The molecule has 0 radical (unpaired) electrons. The topological polar surface area (TPSA) is 105 Å². The minimum atomic E-state index is -0.288. The van der Waals surface area contributed by atoms with E-state index in [4.69, 9.17) is 4.74 Å². The molecule has 1 saturated carbocycles. The summed E-state index contributed by atoms with van der Waals surface area (Å²) in [6.07, 6.45) is 3.60. The summed E-state index contributed by atoms with van der Waals surface area (Å²) in [5.74, 6) is 2.51. The van der Waals surface area contributed by atoms with Crippen LogP contribution in [0, 0.1) is 18.7 Å². The Hall–Kier alpha value is -4.01. The van der Waals surface area contributed by atoms with Gasteiger partial charge in [-0.2, -0.15) is 5.10 Å². The molecule has 2 aromatic heterocycles. The molecular weight excluding hydrogens is 435 g/mol. The Morgan fingerprint density at radius 2 is 1.79 bits per heavy atom. The lowest BCUT2D eigenvalue weighted by Gasteiger charge is -2.08. The molecule has 1 aliphatic rings. The zero-order valence-corrected chi connectivity index (χ0v) is 19.7. The molecule has 1 fully saturated rings. The first-order valence-electron chi connectivity index (χ1n) is 11.2. The third-order valence-corrected chi connectivity index (χ3v) is 4.86. The molecule has 1 amide bonds. The van der Waals surface area contributed by atoms with Gasteiger partial charge in [0.1, 0.15) is 11.6 Å². The summed E-state index contributed by atoms with van der Waals surface area (Å²) in [7, 11) is 1.59. The van der Waals surface area contributed by atoms with Gasteiger partial charge in [0, 0.05) is 17.0 Å². The maximum Gasteiger partial charge on any atom is 0.227 e. The molecule has 5 rings (SSSR count). The number of nitrogens with zero attached hydrogens (tertiary/aromatic N) is 3. The molecule has 3 N–H and O–H groups in total. The van der Waals surface area contributed by atoms with Gasteiger partial charge in [-0.1, -0.05) is 26.0 Å². The van der Waals surface area contributed by atoms with Crippen LogP contribution in [-0.4, -0.2) is 33.2 Å². The number of amides is 1. The number of aryl methyl sites for hydroxylation is 1. The Morgan fingerprint density at radius 1 is 1.09 bits per heavy atom. The fourth-order valence-corrected chi connectivity index (χ4v) is 2.99. The second-order valence-corrected chi connectivity index (χ2v) is 7.35. The standard InChI is InChI=1S/C13H13N5O.C10H10FNO.C2H6/c1-8-14-7-11(19-2)13(15-8)16-12-9-5-3-4-6-10(9)17-18-12;11-8-3-5-9(6-4-8)12-10(13)7-1-2-7;1-2/h3-7H,1-2H3,(H2,14,15,16,17,18);3-7H,1-2H2,(H,12,13);1-2H3. The fourth-order valence-electron chi connectivity index (χ4n) is 2.99. The van der Waals surface area contributed by atoms with Gasteiger partial charge in [0.2, 0.25) is 5.91 Å². The summed E-state index contributed by atoms with van der Waals surface area (Å²) in [4.78, 5) is 19.7. The van der Waals surface area contributed by atoms with E-state index < -0.39 is 0 Å². The molecule has 2 heterocycles. The third kappa shape index (κ3) is 6.50. The fraction of sp³-hybridized carbons (Fsp3) is 0.280. The van der Waals surface area contributed by atoms with Gasteiger partial charge in [0.25, 0.3) is 0 Å². The van der Waals surface area contributed by atoms with Crippen molar-refractivity contribution in [2.75, 3.05) is 17.7 Å². The SMILES string of the molecule is CC.COc1cnc(C)nc1Nc1n[nH]c2ccccc12.O=C(Nc1ccc(F)cc1)C1CC1. The highest BCUT2D eigenvalue weighted by molar-refractivity contribution is 5.94. The van der Waals surface area contributed by atoms with Gasteiger partial charge in [0.15, 0.2) is 17.4 Å². The zero-order valence-electron chi connectivity index (χ0n) is 19.7. The average molecular weight is 465 g/mol. The van der Waals surface area contributed by atoms with Crippen LogP contribution in [0.4, 0.5) is 21.7 Å². The largest absolute Gasteiger partial charge is 0.491 e. The molecule has 8 nitrogen and oxygen atoms in total. The Bertz CT molecular complexity index is 1220. The zero-order chi connectivity index (χ0) is 24.5. The normalized spacial score (nSPS) is 12.0. The van der Waals surface area contributed by atoms with Crippen LogP contribution in [0.15, 0.2) is 54.7 Å². The lowest BCUT2D eigenvalue weighted by Crippen LogP contribution is -2.12. The van der Waals surface area contributed by atoms with Crippen molar-refractivity contribution in [2.24, 2.45) is 5.92 Å². The van der Waals surface area contributed by atoms with Crippen LogP contribution in [0.3, 0.4) is 0 Å². The van der Waals surface area contributed by atoms with E-state index in [2.05, 4.69) is 30.8 Å². The number of H-pyrrole nitrogens is 1. The number of hydrogen-bond acceptors (Lipinski definition) is 6. The number of halogens is 1. The number of rotatable bonds is 5. The number of carbonyl (C=O) groups excluding carboxylic acids is 1. The monoisotopic (exact) mass is 464 g/mol. The van der Waals surface area contributed by atoms with Crippen molar-refractivity contribution < 1.29 is 13.9 Å². The van der Waals surface area contributed by atoms with Gasteiger partial charge < -0.3 is 15.4 Å². The summed E-state index contributed by atoms with van der Waals surface area (Å²) in [6, 6.07) is 13.7. The highest BCUT2D eigenvalue weighted by atomic mass is 19.1. The quantitative estimate of drug-likeness (QED) is 0.354. The predicted octanol–water partition coefficient (Wildman–Crippen LogP) is 5.61. The minimum absolute atomic E-state index is 0.0478. The summed E-state index contributed by atoms with van der Waals surface area (Å²) in [6.45, 7) is 5.83. The molecule has 0 bridgehead atoms. The van der Waals surface area contributed by atoms with E-state index in [1.165, 1.54) is 12.1 Å². The number of carbonyl (C=O) groups is 1. The van der Waals surface area contributed by atoms with Crippen molar-refractivity contribution in [3.8, 4) is 5.75 Å². The predicted molar refractivity (Wildman–Crippen MR) is 132 cm³/mol. The molecule has 0 aliphatic heterocycles. The van der Waals surface area contributed by atoms with E-state index in [-0.39, 0.29) is 17.6 Å². The van der Waals surface area contributed by atoms with Crippen LogP contribution >= 0.6 is 0 Å². The Labute approximate surface area is 198 Å². The van der Waals surface area contributed by atoms with Gasteiger partial charge >= 0.3 is 0 Å². The first-order chi connectivity index (χ1) is 16.5. The van der Waals surface area contributed by atoms with Crippen molar-refractivity contribution in [1.29, 1.82) is 0 Å². The Morgan fingerprint density at radius 3 is 2.47 bits per heavy atom. The molecule has 0 saturated heterocycles. The van der Waals surface area contributed by atoms with Crippen molar-refractivity contribution in [3.05, 3.63) is 66.4 Å². The number of hydrogen-bond donors (Lipinski definition) is 3. The van der Waals surface area contributed by atoms with Crippen LogP contribution in [-0.2, 0) is 4.79 Å². The highest BCUT2D eigenvalue weighted by Crippen LogP contribution is 2.30. The minimum Gasteiger partial charge on any atom is -0.491 e. The highest BCUT2D eigenvalue weighted by Gasteiger charge is 2.29. The van der Waals surface area contributed by atoms with E-state index in [0.29, 0.717) is 28.9 Å². The van der Waals surface area contributed by atoms with Crippen molar-refractivity contribution in [3.63, 3.8) is 0 Å². The van der Waals surface area contributed by atoms with Crippen LogP contribution in [0.25, 0.3) is 10.9 Å². The van der Waals surface area contributed by atoms with Gasteiger partial charge in [-0.15, -0.1) is 0 Å². The molecule has 1 aliphatic carbocycles. The van der Waals surface area contributed by atoms with Gasteiger partial charge in [0.05, 0.1) is 18.8 Å². The van der Waals surface area contributed by atoms with Gasteiger partial charge in [-0.3, -0.25) is 9.89 Å². The van der Waals surface area contributed by atoms with E-state index in [0.717, 1.165) is 23.7 Å². The van der Waals surface area contributed by atoms with Crippen LogP contribution in [0.1, 0.15) is 32.5 Å². The molecule has 178 valence electrons. The number of methoxy groups -OCH3 is 1. The number of anilines is 3. The Balaban J connectivity index is 0.000000189. The summed E-state index contributed by atoms with van der Waals surface area (Å²) in [5.41, 5.74) is 1.63. The van der Waals surface area contributed by atoms with E-state index >= 15 is 0 Å². The van der Waals surface area contributed by atoms with Crippen molar-refractivity contribution in [2.45, 2.75) is 33.6 Å². The van der Waals surface area contributed by atoms with Gasteiger partial charge in [-0.25, -0.2) is 14.4 Å². The van der Waals surface area contributed by atoms with Crippen molar-refractivity contribution >= 4 is 34.1 Å². The lowest BCUT2D eigenvalue weighted by atomic mass is 10.2. The molecule has 9 heteroatoms. The number of fused-ring (bicyclic) bond motifs is 1. The molecular formula is C25H29FN6O2. The van der Waals surface area contributed by atoms with Crippen LogP contribution < -0.4 is 15.4 Å². The number of para-hydroxylation sites is 1. The molecule has 2 aromatic carbocycles. The number of aromatic nitrogens is 4. The average Bonchev–Trinajstić information content (AvgIpc) is 3.64. The molecule has 34 heavy (non-hydrogen) atoms. The number of ether oxygens (including phenoxy) is 1. The summed E-state index contributed by atoms with van der Waals surface area (Å²) >= 11 is 0. The third-order valence-electron chi connectivity index (χ3n) is 4.86. The molecule has 0 atom stereocenters. The second kappa shape index (κ2) is 11.7.